The van der Waals surface area contributed by atoms with Crippen LogP contribution in [0.5, 0.6) is 0 Å². The topological polar surface area (TPSA) is 21.6 Å². The molecule has 13 heavy (non-hydrogen) atoms. The molecule has 1 aromatic carbocycles. The normalized spacial score (nSPS) is 20.2. The van der Waals surface area contributed by atoms with Gasteiger partial charge in [0.2, 0.25) is 0 Å². The van der Waals surface area contributed by atoms with Gasteiger partial charge in [0, 0.05) is 10.6 Å². The zero-order chi connectivity index (χ0) is 8.93. The molecule has 67 valence electrons. The molecule has 0 saturated heterocycles. The molecule has 1 unspecified atom stereocenters. The fourth-order valence-electron chi connectivity index (χ4n) is 1.08. The second-order valence-electron chi connectivity index (χ2n) is 2.81. The lowest BCUT2D eigenvalue weighted by molar-refractivity contribution is 0.336. The summed E-state index contributed by atoms with van der Waals surface area (Å²) >= 11 is 1.80. The smallest absolute Gasteiger partial charge is 0.273 e. The van der Waals surface area contributed by atoms with Gasteiger partial charge in [-0.1, -0.05) is 18.2 Å². The van der Waals surface area contributed by atoms with Crippen LogP contribution in [0.1, 0.15) is 0 Å². The summed E-state index contributed by atoms with van der Waals surface area (Å²) < 4.78 is 4.92. The van der Waals surface area contributed by atoms with E-state index in [9.17, 15) is 0 Å². The number of ether oxygens (including phenoxy) is 1. The number of aliphatic imine (C=N–C) groups is 1. The highest BCUT2D eigenvalue weighted by molar-refractivity contribution is 7.99. The third-order valence-electron chi connectivity index (χ3n) is 1.76. The van der Waals surface area contributed by atoms with Crippen LogP contribution >= 0.6 is 11.8 Å². The zero-order valence-electron chi connectivity index (χ0n) is 7.14. The molecule has 0 saturated carbocycles. The maximum Gasteiger partial charge on any atom is 0.273 e. The average molecular weight is 192 g/mol. The van der Waals surface area contributed by atoms with Crippen molar-refractivity contribution in [2.75, 3.05) is 12.4 Å². The molecule has 1 aliphatic heterocycles. The molecular formula is C10H10NOS. The summed E-state index contributed by atoms with van der Waals surface area (Å²) in [5.41, 5.74) is 0. The molecule has 0 amide bonds. The Morgan fingerprint density at radius 2 is 2.31 bits per heavy atom. The second-order valence-corrected chi connectivity index (χ2v) is 3.90. The average Bonchev–Trinajstić information content (AvgIpc) is 2.69. The van der Waals surface area contributed by atoms with E-state index in [1.807, 2.05) is 18.2 Å². The van der Waals surface area contributed by atoms with Gasteiger partial charge in [-0.15, -0.1) is 11.8 Å². The summed E-state index contributed by atoms with van der Waals surface area (Å²) in [6.07, 6.45) is 2.52. The summed E-state index contributed by atoms with van der Waals surface area (Å²) in [4.78, 5) is 5.34. The van der Waals surface area contributed by atoms with E-state index in [-0.39, 0.29) is 6.04 Å². The van der Waals surface area contributed by atoms with E-state index >= 15 is 0 Å². The lowest BCUT2D eigenvalue weighted by atomic mass is 10.4. The maximum absolute atomic E-state index is 4.92. The van der Waals surface area contributed by atoms with Crippen molar-refractivity contribution in [3.8, 4) is 0 Å². The highest BCUT2D eigenvalue weighted by Gasteiger charge is 2.12. The summed E-state index contributed by atoms with van der Waals surface area (Å²) in [7, 11) is 0. The van der Waals surface area contributed by atoms with Gasteiger partial charge in [-0.05, 0) is 12.1 Å². The summed E-state index contributed by atoms with van der Waals surface area (Å²) in [5.74, 6) is 0.969. The lowest BCUT2D eigenvalue weighted by Crippen LogP contribution is -2.08. The van der Waals surface area contributed by atoms with Crippen LogP contribution in [0, 0.1) is 0 Å². The van der Waals surface area contributed by atoms with Gasteiger partial charge in [-0.25, -0.2) is 4.99 Å². The quantitative estimate of drug-likeness (QED) is 0.684. The van der Waals surface area contributed by atoms with Crippen LogP contribution in [-0.4, -0.2) is 24.8 Å². The van der Waals surface area contributed by atoms with Crippen LogP contribution < -0.4 is 0 Å². The van der Waals surface area contributed by atoms with E-state index in [0.717, 1.165) is 5.75 Å². The first-order valence-corrected chi connectivity index (χ1v) is 5.18. The Hall–Kier alpha value is -0.960. The third kappa shape index (κ3) is 2.49. The van der Waals surface area contributed by atoms with Crippen molar-refractivity contribution < 1.29 is 4.74 Å². The predicted octanol–water partition coefficient (Wildman–Crippen LogP) is 2.08. The molecule has 0 bridgehead atoms. The molecule has 0 N–H and O–H groups in total. The molecule has 1 radical (unpaired) electrons. The van der Waals surface area contributed by atoms with Crippen LogP contribution in [0.3, 0.4) is 0 Å². The van der Waals surface area contributed by atoms with Gasteiger partial charge >= 0.3 is 0 Å². The number of hydrogen-bond acceptors (Lipinski definition) is 3. The Morgan fingerprint density at radius 1 is 1.46 bits per heavy atom. The Bertz CT molecular complexity index is 286. The number of benzene rings is 1. The highest BCUT2D eigenvalue weighted by Crippen LogP contribution is 2.19. The fourth-order valence-corrected chi connectivity index (χ4v) is 1.98. The van der Waals surface area contributed by atoms with Crippen molar-refractivity contribution in [3.63, 3.8) is 0 Å². The minimum Gasteiger partial charge on any atom is -0.472 e. The van der Waals surface area contributed by atoms with E-state index in [2.05, 4.69) is 23.5 Å². The molecule has 0 aromatic heterocycles. The van der Waals surface area contributed by atoms with Gasteiger partial charge in [0.25, 0.3) is 6.40 Å². The third-order valence-corrected chi connectivity index (χ3v) is 2.92. The van der Waals surface area contributed by atoms with E-state index in [1.54, 1.807) is 11.8 Å². The summed E-state index contributed by atoms with van der Waals surface area (Å²) in [6.45, 7) is 0.680. The van der Waals surface area contributed by atoms with Crippen molar-refractivity contribution in [2.45, 2.75) is 10.9 Å². The zero-order valence-corrected chi connectivity index (χ0v) is 7.96. The molecule has 2 rings (SSSR count). The van der Waals surface area contributed by atoms with E-state index in [4.69, 9.17) is 4.74 Å². The highest BCUT2D eigenvalue weighted by atomic mass is 32.2. The van der Waals surface area contributed by atoms with Gasteiger partial charge in [0.1, 0.15) is 6.61 Å². The van der Waals surface area contributed by atoms with Crippen molar-refractivity contribution >= 4 is 18.2 Å². The van der Waals surface area contributed by atoms with Gasteiger partial charge in [0.15, 0.2) is 0 Å². The molecule has 0 aliphatic carbocycles. The first-order valence-electron chi connectivity index (χ1n) is 4.19. The molecule has 1 aromatic rings. The van der Waals surface area contributed by atoms with Crippen molar-refractivity contribution in [3.05, 3.63) is 30.3 Å². The molecule has 2 nitrogen and oxygen atoms in total. The molecule has 1 aliphatic rings. The number of thioether (sulfide) groups is 1. The van der Waals surface area contributed by atoms with Crippen LogP contribution in [0.25, 0.3) is 0 Å². The van der Waals surface area contributed by atoms with Gasteiger partial charge in [-0.3, -0.25) is 0 Å². The van der Waals surface area contributed by atoms with Crippen LogP contribution in [0.15, 0.2) is 40.2 Å². The Morgan fingerprint density at radius 3 is 3.00 bits per heavy atom. The molecule has 0 spiro atoms. The van der Waals surface area contributed by atoms with Gasteiger partial charge in [-0.2, -0.15) is 0 Å². The standard InChI is InChI=1S/C10H10NOS/c1-2-4-10(5-3-1)13-7-9-6-12-8-11-9/h1-5,9H,6-7H2. The molecular weight excluding hydrogens is 182 g/mol. The Labute approximate surface area is 82.0 Å². The Kier molecular flexibility index (Phi) is 2.87. The summed E-state index contributed by atoms with van der Waals surface area (Å²) in [5, 5.41) is 0. The molecule has 0 fully saturated rings. The SMILES string of the molecule is [C]1=NC(CSc2ccccc2)CO1. The van der Waals surface area contributed by atoms with Gasteiger partial charge < -0.3 is 4.74 Å². The second kappa shape index (κ2) is 4.33. The minimum atomic E-state index is 0.283. The summed E-state index contributed by atoms with van der Waals surface area (Å²) in [6, 6.07) is 10.6. The van der Waals surface area contributed by atoms with E-state index < -0.39 is 0 Å². The van der Waals surface area contributed by atoms with E-state index in [1.165, 1.54) is 4.90 Å². The van der Waals surface area contributed by atoms with Crippen molar-refractivity contribution in [1.29, 1.82) is 0 Å². The maximum atomic E-state index is 4.92. The number of nitrogens with zero attached hydrogens (tertiary/aromatic N) is 1. The van der Waals surface area contributed by atoms with Crippen molar-refractivity contribution in [2.24, 2.45) is 4.99 Å². The monoisotopic (exact) mass is 192 g/mol. The van der Waals surface area contributed by atoms with Crippen molar-refractivity contribution in [1.82, 2.24) is 0 Å². The molecule has 3 heteroatoms. The molecule has 1 heterocycles. The first-order chi connectivity index (χ1) is 6.45. The van der Waals surface area contributed by atoms with Crippen LogP contribution in [0.2, 0.25) is 0 Å². The van der Waals surface area contributed by atoms with Gasteiger partial charge in [0.05, 0.1) is 6.04 Å². The lowest BCUT2D eigenvalue weighted by Gasteiger charge is -2.04. The van der Waals surface area contributed by atoms with Crippen LogP contribution in [-0.2, 0) is 4.74 Å². The Balaban J connectivity index is 1.82. The largest absolute Gasteiger partial charge is 0.472 e. The number of rotatable bonds is 3. The van der Waals surface area contributed by atoms with E-state index in [0.29, 0.717) is 6.61 Å². The fraction of sp³-hybridized carbons (Fsp3) is 0.300. The minimum absolute atomic E-state index is 0.283. The van der Waals surface area contributed by atoms with Crippen LogP contribution in [0.4, 0.5) is 0 Å². The predicted molar refractivity (Wildman–Crippen MR) is 54.3 cm³/mol. The first kappa shape index (κ1) is 8.63. The number of hydrogen-bond donors (Lipinski definition) is 0. The molecule has 1 atom stereocenters.